The first-order valence-electron chi connectivity index (χ1n) is 19.7. The molecular weight excluding hydrogens is 713 g/mol. The van der Waals surface area contributed by atoms with Gasteiger partial charge < -0.3 is 40.3 Å². The number of carbonyl (C=O) groups is 4. The third-order valence-corrected chi connectivity index (χ3v) is 11.7. The van der Waals surface area contributed by atoms with Gasteiger partial charge in [-0.3, -0.25) is 9.59 Å². The van der Waals surface area contributed by atoms with Crippen molar-refractivity contribution >= 4 is 34.7 Å². The van der Waals surface area contributed by atoms with Crippen LogP contribution in [0.1, 0.15) is 65.7 Å². The Labute approximate surface area is 329 Å². The first-order chi connectivity index (χ1) is 26.7. The van der Waals surface area contributed by atoms with Gasteiger partial charge in [-0.2, -0.15) is 0 Å². The van der Waals surface area contributed by atoms with E-state index in [-0.39, 0.29) is 37.9 Å². The Morgan fingerprint density at radius 2 is 1.82 bits per heavy atom. The predicted octanol–water partition coefficient (Wildman–Crippen LogP) is 5.38. The average molecular weight is 769 g/mol. The van der Waals surface area contributed by atoms with E-state index in [1.54, 1.807) is 7.11 Å². The summed E-state index contributed by atoms with van der Waals surface area (Å²) in [6.45, 7) is 10.3. The molecule has 3 fully saturated rings. The number of hydrogen-bond donors (Lipinski definition) is 4. The molecule has 1 aliphatic heterocycles. The lowest BCUT2D eigenvalue weighted by Gasteiger charge is -2.35. The van der Waals surface area contributed by atoms with Gasteiger partial charge in [-0.25, -0.2) is 14.6 Å². The van der Waals surface area contributed by atoms with Crippen LogP contribution in [0.3, 0.4) is 0 Å². The molecule has 2 aliphatic carbocycles. The molecule has 56 heavy (non-hydrogen) atoms. The molecule has 5 atom stereocenters. The minimum Gasteiger partial charge on any atom is -0.497 e. The number of ether oxygens (including phenoxy) is 2. The molecule has 300 valence electrons. The zero-order valence-electron chi connectivity index (χ0n) is 33.2. The number of urea groups is 1. The molecule has 4 amide bonds. The van der Waals surface area contributed by atoms with Crippen LogP contribution in [0.5, 0.6) is 11.5 Å². The van der Waals surface area contributed by atoms with E-state index in [2.05, 4.69) is 22.5 Å². The van der Waals surface area contributed by atoms with Crippen LogP contribution >= 0.6 is 0 Å². The summed E-state index contributed by atoms with van der Waals surface area (Å²) in [4.78, 5) is 62.0. The van der Waals surface area contributed by atoms with E-state index < -0.39 is 53.0 Å². The first-order valence-corrected chi connectivity index (χ1v) is 19.7. The lowest BCUT2D eigenvalue weighted by molar-refractivity contribution is -0.144. The first kappa shape index (κ1) is 40.5. The Morgan fingerprint density at radius 3 is 2.46 bits per heavy atom. The maximum atomic E-state index is 14.3. The van der Waals surface area contributed by atoms with Gasteiger partial charge in [0.25, 0.3) is 0 Å². The molecule has 3 aromatic rings. The zero-order chi connectivity index (χ0) is 40.2. The van der Waals surface area contributed by atoms with E-state index in [1.165, 1.54) is 17.4 Å². The van der Waals surface area contributed by atoms with Gasteiger partial charge in [0.15, 0.2) is 0 Å². The van der Waals surface area contributed by atoms with Gasteiger partial charge in [-0.05, 0) is 36.8 Å². The molecule has 1 saturated heterocycles. The third kappa shape index (κ3) is 8.93. The van der Waals surface area contributed by atoms with Crippen molar-refractivity contribution in [2.24, 2.45) is 11.3 Å². The summed E-state index contributed by atoms with van der Waals surface area (Å²) in [5.41, 5.74) is 0.327. The molecule has 0 radical (unpaired) electrons. The van der Waals surface area contributed by atoms with Crippen molar-refractivity contribution in [3.05, 3.63) is 67.3 Å². The fourth-order valence-corrected chi connectivity index (χ4v) is 7.94. The number of aromatic nitrogens is 1. The minimum atomic E-state index is -1.47. The van der Waals surface area contributed by atoms with Crippen LogP contribution in [0.4, 0.5) is 4.79 Å². The Morgan fingerprint density at radius 1 is 1.09 bits per heavy atom. The average Bonchev–Trinajstić information content (AvgIpc) is 3.75. The Kier molecular flexibility index (Phi) is 12.2. The van der Waals surface area contributed by atoms with Gasteiger partial charge in [0.1, 0.15) is 29.2 Å². The van der Waals surface area contributed by atoms with Gasteiger partial charge in [-0.15, -0.1) is 6.58 Å². The van der Waals surface area contributed by atoms with Crippen molar-refractivity contribution in [3.63, 3.8) is 0 Å². The predicted molar refractivity (Wildman–Crippen MR) is 214 cm³/mol. The normalized spacial score (nSPS) is 22.9. The molecule has 2 heterocycles. The fraction of sp³-hybridized carbons (Fsp3) is 0.512. The van der Waals surface area contributed by atoms with Gasteiger partial charge >= 0.3 is 12.0 Å². The van der Waals surface area contributed by atoms with Crippen molar-refractivity contribution < 1.29 is 33.8 Å². The molecule has 0 unspecified atom stereocenters. The Balaban J connectivity index is 1.23. The number of carbonyl (C=O) groups excluding carboxylic acids is 3. The number of likely N-dealkylation sites (N-methyl/N-ethyl adjacent to an activating group) is 1. The van der Waals surface area contributed by atoms with Crippen molar-refractivity contribution in [1.82, 2.24) is 30.7 Å². The van der Waals surface area contributed by atoms with E-state index in [0.717, 1.165) is 36.6 Å². The second-order valence-electron chi connectivity index (χ2n) is 16.5. The highest BCUT2D eigenvalue weighted by atomic mass is 16.5. The summed E-state index contributed by atoms with van der Waals surface area (Å²) in [6, 6.07) is 15.4. The van der Waals surface area contributed by atoms with E-state index >= 15 is 0 Å². The molecule has 3 aliphatic rings. The van der Waals surface area contributed by atoms with Crippen LogP contribution in [0.15, 0.2) is 67.3 Å². The Hall–Kier alpha value is -5.17. The van der Waals surface area contributed by atoms with Gasteiger partial charge in [0.05, 0.1) is 31.4 Å². The van der Waals surface area contributed by atoms with E-state index in [9.17, 15) is 24.3 Å². The second-order valence-corrected chi connectivity index (χ2v) is 16.5. The van der Waals surface area contributed by atoms with Crippen LogP contribution in [-0.4, -0.2) is 107 Å². The van der Waals surface area contributed by atoms with Gasteiger partial charge in [0.2, 0.25) is 11.8 Å². The molecule has 4 N–H and O–H groups in total. The standard InChI is InChI=1S/C43H56N6O7/c1-7-28-23-43(28,40(52)53)47-39(51)35-21-31(56-36-22-33(27-14-10-8-11-15-27)45-34-20-30(55-6)18-19-32(34)36)26-49(35)41(54)46-37(42(2,3)4)24-44-25-38(50)48(5)29-16-12-9-13-17-29/h7-8,10-11,14-15,18-20,22,28-29,31,35,37,44H,1,9,12-13,16-17,21,23-26H2,2-6H3,(H,46,54)(H,47,51)(H,52,53)/t28-,31-,35+,37-,43-/m1/s1. The summed E-state index contributed by atoms with van der Waals surface area (Å²) < 4.78 is 12.2. The van der Waals surface area contributed by atoms with Crippen molar-refractivity contribution in [2.75, 3.05) is 33.8 Å². The summed E-state index contributed by atoms with van der Waals surface area (Å²) in [5.74, 6) is -0.974. The number of amides is 4. The number of methoxy groups -OCH3 is 1. The second kappa shape index (κ2) is 16.9. The topological polar surface area (TPSA) is 162 Å². The maximum Gasteiger partial charge on any atom is 0.330 e. The number of fused-ring (bicyclic) bond motifs is 1. The highest BCUT2D eigenvalue weighted by Gasteiger charge is 2.61. The van der Waals surface area contributed by atoms with Crippen LogP contribution in [0, 0.1) is 11.3 Å². The number of likely N-dealkylation sites (tertiary alicyclic amines) is 1. The van der Waals surface area contributed by atoms with Crippen LogP contribution < -0.4 is 25.4 Å². The van der Waals surface area contributed by atoms with E-state index in [4.69, 9.17) is 14.5 Å². The number of rotatable bonds is 14. The minimum absolute atomic E-state index is 0.00919. The highest BCUT2D eigenvalue weighted by molar-refractivity contribution is 5.95. The van der Waals surface area contributed by atoms with E-state index in [1.807, 2.05) is 87.3 Å². The summed E-state index contributed by atoms with van der Waals surface area (Å²) >= 11 is 0. The lowest BCUT2D eigenvalue weighted by atomic mass is 9.86. The third-order valence-electron chi connectivity index (χ3n) is 11.7. The SMILES string of the molecule is C=C[C@@H]1C[C@]1(NC(=O)[C@@H]1C[C@@H](Oc2cc(-c3ccccc3)nc3cc(OC)ccc23)CN1C(=O)N[C@H](CNCC(=O)N(C)C1CCCCC1)C(C)(C)C)C(=O)O. The van der Waals surface area contributed by atoms with Crippen molar-refractivity contribution in [3.8, 4) is 22.8 Å². The number of hydrogen-bond acceptors (Lipinski definition) is 8. The molecule has 13 heteroatoms. The van der Waals surface area contributed by atoms with Crippen LogP contribution in [-0.2, 0) is 14.4 Å². The molecule has 13 nitrogen and oxygen atoms in total. The molecule has 2 aromatic carbocycles. The molecular formula is C43H56N6O7. The number of nitrogens with one attached hydrogen (secondary N) is 3. The number of carboxylic acids is 1. The smallest absolute Gasteiger partial charge is 0.330 e. The number of aliphatic carboxylic acids is 1. The molecule has 0 spiro atoms. The maximum absolute atomic E-state index is 14.3. The van der Waals surface area contributed by atoms with Gasteiger partial charge in [0, 0.05) is 61.1 Å². The molecule has 6 rings (SSSR count). The van der Waals surface area contributed by atoms with Crippen molar-refractivity contribution in [1.29, 1.82) is 0 Å². The fourth-order valence-electron chi connectivity index (χ4n) is 7.94. The zero-order valence-corrected chi connectivity index (χ0v) is 33.2. The Bertz CT molecular complexity index is 1930. The van der Waals surface area contributed by atoms with Gasteiger partial charge in [-0.1, -0.05) is 76.4 Å². The van der Waals surface area contributed by atoms with Crippen molar-refractivity contribution in [2.45, 2.75) is 95.5 Å². The molecule has 2 saturated carbocycles. The van der Waals surface area contributed by atoms with E-state index in [0.29, 0.717) is 29.3 Å². The van der Waals surface area contributed by atoms with Crippen LogP contribution in [0.2, 0.25) is 0 Å². The highest BCUT2D eigenvalue weighted by Crippen LogP contribution is 2.45. The number of benzene rings is 2. The monoisotopic (exact) mass is 768 g/mol. The number of pyridine rings is 1. The number of nitrogens with zero attached hydrogens (tertiary/aromatic N) is 3. The largest absolute Gasteiger partial charge is 0.497 e. The lowest BCUT2D eigenvalue weighted by Crippen LogP contribution is -2.58. The summed E-state index contributed by atoms with van der Waals surface area (Å²) in [6.07, 6.45) is 6.74. The number of carboxylic acid groups (broad SMARTS) is 1. The molecule has 1 aromatic heterocycles. The molecule has 0 bridgehead atoms. The summed E-state index contributed by atoms with van der Waals surface area (Å²) in [5, 5.41) is 20.0. The van der Waals surface area contributed by atoms with Crippen LogP contribution in [0.25, 0.3) is 22.2 Å². The summed E-state index contributed by atoms with van der Waals surface area (Å²) in [7, 11) is 3.45. The quantitative estimate of drug-likeness (QED) is 0.158.